The molecule has 1 aromatic carbocycles. The molecule has 0 unspecified atom stereocenters. The van der Waals surface area contributed by atoms with Gasteiger partial charge < -0.3 is 14.5 Å². The Bertz CT molecular complexity index is 814. The molecule has 1 aliphatic heterocycles. The van der Waals surface area contributed by atoms with Crippen LogP contribution in [0.3, 0.4) is 0 Å². The Kier molecular flexibility index (Phi) is 5.08. The van der Waals surface area contributed by atoms with Gasteiger partial charge in [-0.05, 0) is 12.5 Å². The molecule has 134 valence electrons. The lowest BCUT2D eigenvalue weighted by atomic mass is 10.0. The first kappa shape index (κ1) is 17.5. The first-order valence-corrected chi connectivity index (χ1v) is 8.57. The second kappa shape index (κ2) is 7.27. The Labute approximate surface area is 147 Å². The van der Waals surface area contributed by atoms with Crippen molar-refractivity contribution in [2.75, 3.05) is 20.8 Å². The van der Waals surface area contributed by atoms with E-state index in [0.29, 0.717) is 13.0 Å². The van der Waals surface area contributed by atoms with Crippen LogP contribution in [0.15, 0.2) is 23.0 Å². The fourth-order valence-corrected chi connectivity index (χ4v) is 3.14. The van der Waals surface area contributed by atoms with E-state index in [4.69, 9.17) is 9.47 Å². The predicted octanol–water partition coefficient (Wildman–Crippen LogP) is 2.47. The van der Waals surface area contributed by atoms with Gasteiger partial charge in [0.25, 0.3) is 5.56 Å². The van der Waals surface area contributed by atoms with E-state index in [0.717, 1.165) is 47.2 Å². The topological polar surface area (TPSA) is 67.5 Å². The molecule has 25 heavy (non-hydrogen) atoms. The van der Waals surface area contributed by atoms with E-state index < -0.39 is 0 Å². The SMILES string of the molecule is COc1ccc(CN2CCc3c(nc(C(C)C)[nH]c3=O)C2)c(OC)c1. The molecule has 0 spiro atoms. The molecule has 0 saturated carbocycles. The van der Waals surface area contributed by atoms with Crippen LogP contribution in [0.2, 0.25) is 0 Å². The van der Waals surface area contributed by atoms with E-state index in [-0.39, 0.29) is 11.5 Å². The molecule has 1 aliphatic rings. The van der Waals surface area contributed by atoms with Crippen LogP contribution in [-0.2, 0) is 19.5 Å². The van der Waals surface area contributed by atoms with Gasteiger partial charge in [0, 0.05) is 42.7 Å². The third kappa shape index (κ3) is 3.69. The van der Waals surface area contributed by atoms with E-state index in [1.54, 1.807) is 14.2 Å². The molecule has 1 N–H and O–H groups in total. The molecule has 2 heterocycles. The molecule has 1 aromatic heterocycles. The molecule has 6 heteroatoms. The van der Waals surface area contributed by atoms with Gasteiger partial charge >= 0.3 is 0 Å². The molecule has 3 rings (SSSR count). The quantitative estimate of drug-likeness (QED) is 0.903. The van der Waals surface area contributed by atoms with Gasteiger partial charge in [-0.1, -0.05) is 19.9 Å². The molecule has 0 radical (unpaired) electrons. The fraction of sp³-hybridized carbons (Fsp3) is 0.474. The van der Waals surface area contributed by atoms with Crippen molar-refractivity contribution in [3.63, 3.8) is 0 Å². The second-order valence-corrected chi connectivity index (χ2v) is 6.67. The molecule has 0 fully saturated rings. The van der Waals surface area contributed by atoms with Gasteiger partial charge in [0.2, 0.25) is 0 Å². The summed E-state index contributed by atoms with van der Waals surface area (Å²) in [6.07, 6.45) is 0.717. The number of benzene rings is 1. The summed E-state index contributed by atoms with van der Waals surface area (Å²) < 4.78 is 10.7. The number of H-pyrrole nitrogens is 1. The third-order valence-electron chi connectivity index (χ3n) is 4.61. The van der Waals surface area contributed by atoms with Gasteiger partial charge in [-0.25, -0.2) is 4.98 Å². The van der Waals surface area contributed by atoms with Crippen molar-refractivity contribution in [2.45, 2.75) is 39.3 Å². The average molecular weight is 343 g/mol. The number of aromatic amines is 1. The van der Waals surface area contributed by atoms with Crippen LogP contribution in [0.1, 0.15) is 42.4 Å². The summed E-state index contributed by atoms with van der Waals surface area (Å²) in [6, 6.07) is 5.86. The van der Waals surface area contributed by atoms with Crippen LogP contribution in [-0.4, -0.2) is 35.6 Å². The van der Waals surface area contributed by atoms with Crippen LogP contribution in [0.4, 0.5) is 0 Å². The van der Waals surface area contributed by atoms with E-state index in [1.165, 1.54) is 0 Å². The van der Waals surface area contributed by atoms with Crippen molar-refractivity contribution in [2.24, 2.45) is 0 Å². The summed E-state index contributed by atoms with van der Waals surface area (Å²) >= 11 is 0. The Morgan fingerprint density at radius 1 is 1.28 bits per heavy atom. The number of rotatable bonds is 5. The van der Waals surface area contributed by atoms with Crippen molar-refractivity contribution in [1.82, 2.24) is 14.9 Å². The molecule has 0 amide bonds. The van der Waals surface area contributed by atoms with Crippen molar-refractivity contribution in [3.8, 4) is 11.5 Å². The average Bonchev–Trinajstić information content (AvgIpc) is 2.61. The first-order valence-electron chi connectivity index (χ1n) is 8.57. The number of nitrogens with zero attached hydrogens (tertiary/aromatic N) is 2. The molecule has 0 atom stereocenters. The number of methoxy groups -OCH3 is 2. The number of ether oxygens (including phenoxy) is 2. The number of hydrogen-bond donors (Lipinski definition) is 1. The molecular formula is C19H25N3O3. The monoisotopic (exact) mass is 343 g/mol. The summed E-state index contributed by atoms with van der Waals surface area (Å²) in [5, 5.41) is 0. The molecule has 0 aliphatic carbocycles. The lowest BCUT2D eigenvalue weighted by Crippen LogP contribution is -2.35. The minimum absolute atomic E-state index is 0.00961. The fourth-order valence-electron chi connectivity index (χ4n) is 3.14. The van der Waals surface area contributed by atoms with Gasteiger partial charge in [0.1, 0.15) is 17.3 Å². The molecule has 0 bridgehead atoms. The summed E-state index contributed by atoms with van der Waals surface area (Å²) in [7, 11) is 3.31. The van der Waals surface area contributed by atoms with Crippen molar-refractivity contribution >= 4 is 0 Å². The van der Waals surface area contributed by atoms with Crippen LogP contribution < -0.4 is 15.0 Å². The van der Waals surface area contributed by atoms with Crippen LogP contribution >= 0.6 is 0 Å². The third-order valence-corrected chi connectivity index (χ3v) is 4.61. The van der Waals surface area contributed by atoms with Gasteiger partial charge in [-0.2, -0.15) is 0 Å². The van der Waals surface area contributed by atoms with Gasteiger partial charge in [0.15, 0.2) is 0 Å². The lowest BCUT2D eigenvalue weighted by molar-refractivity contribution is 0.236. The highest BCUT2D eigenvalue weighted by Crippen LogP contribution is 2.27. The lowest BCUT2D eigenvalue weighted by Gasteiger charge is -2.28. The van der Waals surface area contributed by atoms with Gasteiger partial charge in [-0.3, -0.25) is 9.69 Å². The molecule has 6 nitrogen and oxygen atoms in total. The van der Waals surface area contributed by atoms with E-state index >= 15 is 0 Å². The zero-order chi connectivity index (χ0) is 18.0. The number of nitrogens with one attached hydrogen (secondary N) is 1. The molecular weight excluding hydrogens is 318 g/mol. The Morgan fingerprint density at radius 3 is 2.76 bits per heavy atom. The van der Waals surface area contributed by atoms with E-state index in [2.05, 4.69) is 14.9 Å². The van der Waals surface area contributed by atoms with Crippen molar-refractivity contribution in [3.05, 3.63) is 51.2 Å². The van der Waals surface area contributed by atoms with E-state index in [1.807, 2.05) is 32.0 Å². The zero-order valence-corrected chi connectivity index (χ0v) is 15.3. The highest BCUT2D eigenvalue weighted by molar-refractivity contribution is 5.40. The maximum atomic E-state index is 12.3. The first-order chi connectivity index (χ1) is 12.0. The summed E-state index contributed by atoms with van der Waals surface area (Å²) in [4.78, 5) is 22.2. The van der Waals surface area contributed by atoms with Crippen LogP contribution in [0.5, 0.6) is 11.5 Å². The molecule has 2 aromatic rings. The minimum Gasteiger partial charge on any atom is -0.497 e. The Morgan fingerprint density at radius 2 is 2.08 bits per heavy atom. The second-order valence-electron chi connectivity index (χ2n) is 6.67. The largest absolute Gasteiger partial charge is 0.497 e. The minimum atomic E-state index is 0.00961. The maximum Gasteiger partial charge on any atom is 0.254 e. The standard InChI is InChI=1S/C19H25N3O3/c1-12(2)18-20-16-11-22(8-7-15(16)19(23)21-18)10-13-5-6-14(24-3)9-17(13)25-4/h5-6,9,12H,7-8,10-11H2,1-4H3,(H,20,21,23). The number of fused-ring (bicyclic) bond motifs is 1. The van der Waals surface area contributed by atoms with Crippen molar-refractivity contribution < 1.29 is 9.47 Å². The normalized spacial score (nSPS) is 14.4. The maximum absolute atomic E-state index is 12.3. The molecule has 0 saturated heterocycles. The summed E-state index contributed by atoms with van der Waals surface area (Å²) in [5.74, 6) is 2.55. The summed E-state index contributed by atoms with van der Waals surface area (Å²) in [6.45, 7) is 6.32. The summed E-state index contributed by atoms with van der Waals surface area (Å²) in [5.41, 5.74) is 2.82. The van der Waals surface area contributed by atoms with E-state index in [9.17, 15) is 4.79 Å². The van der Waals surface area contributed by atoms with Crippen molar-refractivity contribution in [1.29, 1.82) is 0 Å². The van der Waals surface area contributed by atoms with Crippen LogP contribution in [0, 0.1) is 0 Å². The highest BCUT2D eigenvalue weighted by Gasteiger charge is 2.22. The number of aromatic nitrogens is 2. The highest BCUT2D eigenvalue weighted by atomic mass is 16.5. The number of hydrogen-bond acceptors (Lipinski definition) is 5. The smallest absolute Gasteiger partial charge is 0.254 e. The Balaban J connectivity index is 1.82. The van der Waals surface area contributed by atoms with Gasteiger partial charge in [-0.15, -0.1) is 0 Å². The van der Waals surface area contributed by atoms with Crippen LogP contribution in [0.25, 0.3) is 0 Å². The Hall–Kier alpha value is -2.34. The van der Waals surface area contributed by atoms with Gasteiger partial charge in [0.05, 0.1) is 19.9 Å². The zero-order valence-electron chi connectivity index (χ0n) is 15.3. The predicted molar refractivity (Wildman–Crippen MR) is 96.3 cm³/mol.